The third-order valence-electron chi connectivity index (χ3n) is 14.5. The van der Waals surface area contributed by atoms with E-state index < -0.39 is 0 Å². The molecule has 0 aliphatic rings. The molecule has 3 nitrogen and oxygen atoms in total. The van der Waals surface area contributed by atoms with Crippen molar-refractivity contribution in [3.05, 3.63) is 106 Å². The second-order valence-electron chi connectivity index (χ2n) is 25.6. The summed E-state index contributed by atoms with van der Waals surface area (Å²) in [5.74, 6) is 0. The molecule has 3 heteroatoms. The summed E-state index contributed by atoms with van der Waals surface area (Å²) in [6.07, 6.45) is 0. The highest BCUT2D eigenvalue weighted by Crippen LogP contribution is 2.47. The van der Waals surface area contributed by atoms with Gasteiger partial charge in [0.25, 0.3) is 0 Å². The quantitative estimate of drug-likeness (QED) is 0.136. The monoisotopic (exact) mass is 832 g/mol. The summed E-state index contributed by atoms with van der Waals surface area (Å²) < 4.78 is 0. The molecule has 18 bridgehead atoms. The Morgan fingerprint density at radius 1 is 0.190 bits per heavy atom. The summed E-state index contributed by atoms with van der Waals surface area (Å²) in [5.41, 5.74) is 14.7. The second-order valence-corrected chi connectivity index (χ2v) is 25.6. The summed E-state index contributed by atoms with van der Waals surface area (Å²) in [6, 6.07) is 29.9. The number of H-pyrrole nitrogens is 3. The Morgan fingerprint density at radius 3 is 0.365 bits per heavy atom. The van der Waals surface area contributed by atoms with Crippen LogP contribution in [0.25, 0.3) is 97.7 Å². The smallest absolute Gasteiger partial charge is 0.0545 e. The largest absolute Gasteiger partial charge is 0.353 e. The van der Waals surface area contributed by atoms with E-state index in [4.69, 9.17) is 0 Å². The lowest BCUT2D eigenvalue weighted by Crippen LogP contribution is -2.12. The lowest BCUT2D eigenvalue weighted by molar-refractivity contribution is 0.590. The maximum atomic E-state index is 4.22. The topological polar surface area (TPSA) is 47.4 Å². The lowest BCUT2D eigenvalue weighted by atomic mass is 9.81. The van der Waals surface area contributed by atoms with Crippen LogP contribution < -0.4 is 0 Å². The molecule has 0 radical (unpaired) electrons. The van der Waals surface area contributed by atoms with Crippen molar-refractivity contribution in [3.63, 3.8) is 0 Å². The van der Waals surface area contributed by atoms with Gasteiger partial charge in [-0.2, -0.15) is 0 Å². The molecule has 0 saturated carbocycles. The van der Waals surface area contributed by atoms with Gasteiger partial charge in [-0.3, -0.25) is 0 Å². The van der Waals surface area contributed by atoms with Crippen molar-refractivity contribution in [2.24, 2.45) is 0 Å². The van der Waals surface area contributed by atoms with Gasteiger partial charge in [0.1, 0.15) is 0 Å². The third kappa shape index (κ3) is 6.41. The average molecular weight is 832 g/mol. The first-order valence-corrected chi connectivity index (χ1v) is 23.4. The number of rotatable bonds is 0. The van der Waals surface area contributed by atoms with Gasteiger partial charge in [-0.25, -0.2) is 0 Å². The van der Waals surface area contributed by atoms with E-state index in [-0.39, 0.29) is 32.5 Å². The molecule has 0 aliphatic carbocycles. The van der Waals surface area contributed by atoms with Crippen LogP contribution >= 0.6 is 0 Å². The van der Waals surface area contributed by atoms with Crippen LogP contribution in [0.5, 0.6) is 0 Å². The maximum Gasteiger partial charge on any atom is 0.0545 e. The minimum absolute atomic E-state index is 0.0786. The predicted molar refractivity (Wildman–Crippen MR) is 279 cm³/mol. The van der Waals surface area contributed by atoms with Crippen LogP contribution in [0, 0.1) is 0 Å². The van der Waals surface area contributed by atoms with Gasteiger partial charge in [0, 0.05) is 64.6 Å². The van der Waals surface area contributed by atoms with Crippen LogP contribution in [0.1, 0.15) is 158 Å². The maximum absolute atomic E-state index is 4.22. The molecule has 0 atom stereocenters. The van der Waals surface area contributed by atoms with Crippen LogP contribution in [0.3, 0.4) is 0 Å². The molecule has 10 rings (SSSR count). The zero-order chi connectivity index (χ0) is 45.5. The van der Waals surface area contributed by atoms with Crippen molar-refractivity contribution >= 4 is 97.7 Å². The molecule has 0 amide bonds. The molecule has 0 unspecified atom stereocenters. The van der Waals surface area contributed by atoms with Crippen LogP contribution in [-0.4, -0.2) is 15.0 Å². The summed E-state index contributed by atoms with van der Waals surface area (Å²) in [6.45, 7) is 42.5. The fourth-order valence-electron chi connectivity index (χ4n) is 10.2. The molecular formula is C60H69N3. The number of fused-ring (bicyclic) bond motifs is 3. The predicted octanol–water partition coefficient (Wildman–Crippen LogP) is 17.8. The molecule has 0 fully saturated rings. The van der Waals surface area contributed by atoms with Crippen molar-refractivity contribution in [2.45, 2.75) is 157 Å². The minimum atomic E-state index is -0.0786. The Labute approximate surface area is 374 Å². The zero-order valence-corrected chi connectivity index (χ0v) is 41.4. The van der Waals surface area contributed by atoms with Gasteiger partial charge in [-0.1, -0.05) is 125 Å². The molecule has 7 aromatic carbocycles. The Balaban J connectivity index is 1.65. The fourth-order valence-corrected chi connectivity index (χ4v) is 10.2. The summed E-state index contributed by atoms with van der Waals surface area (Å²) in [4.78, 5) is 12.7. The number of nitrogens with one attached hydrogen (secondary N) is 3. The first kappa shape index (κ1) is 41.7. The number of hydrogen-bond acceptors (Lipinski definition) is 0. The first-order valence-electron chi connectivity index (χ1n) is 23.4. The van der Waals surface area contributed by atoms with Crippen molar-refractivity contribution in [1.82, 2.24) is 15.0 Å². The van der Waals surface area contributed by atoms with E-state index in [1.54, 1.807) is 0 Å². The molecule has 0 saturated heterocycles. The Bertz CT molecular complexity index is 2970. The first-order chi connectivity index (χ1) is 29.0. The Morgan fingerprint density at radius 2 is 0.286 bits per heavy atom. The van der Waals surface area contributed by atoms with Crippen LogP contribution in [0.15, 0.2) is 72.8 Å². The Hall–Kier alpha value is -5.28. The van der Waals surface area contributed by atoms with Crippen LogP contribution in [0.2, 0.25) is 0 Å². The standard InChI is InChI=1S/C60H69N3/c1-55(2,3)31-19-37-38-20-32(56(4,5)6)27-45-46-28-35(59(13,14)15)23-41-42-24-36(60(16,17)18)30-48(54(42)63-53(41)46)47-29-34(58(10,11)12)22-40-39-21-33(57(7,8)9)26-44(51(39)62-52(40)47)43(25-31)49(37)61-50(38)45/h19-30,61-63H,1-18H3. The molecule has 3 aromatic heterocycles. The van der Waals surface area contributed by atoms with Crippen molar-refractivity contribution in [3.8, 4) is 0 Å². The van der Waals surface area contributed by atoms with Gasteiger partial charge in [0.2, 0.25) is 0 Å². The summed E-state index contributed by atoms with van der Waals surface area (Å²) in [7, 11) is 0. The van der Waals surface area contributed by atoms with Gasteiger partial charge in [-0.05, 0) is 139 Å². The molecule has 0 spiro atoms. The normalized spacial score (nSPS) is 14.2. The minimum Gasteiger partial charge on any atom is -0.353 e. The summed E-state index contributed by atoms with van der Waals surface area (Å²) >= 11 is 0. The SMILES string of the molecule is CC(C)(C)c1cc2c3cc(C(C)(C)C)cc4c5cc(C(C)(C)C)cc6c7cc(C(C)(C)C)cc(c8cc(C(C)(C)C)cc9c%10cc(C(C)(C)C)cc(c(c1)c2[nH]c34)c%10[nH]c98)c7[nH]c65. The van der Waals surface area contributed by atoms with Crippen LogP contribution in [0.4, 0.5) is 0 Å². The zero-order valence-electron chi connectivity index (χ0n) is 41.4. The van der Waals surface area contributed by atoms with Gasteiger partial charge in [-0.15, -0.1) is 0 Å². The number of aromatic amines is 3. The van der Waals surface area contributed by atoms with E-state index in [9.17, 15) is 0 Å². The molecule has 3 N–H and O–H groups in total. The lowest BCUT2D eigenvalue weighted by Gasteiger charge is -2.22. The van der Waals surface area contributed by atoms with Gasteiger partial charge in [0.05, 0.1) is 33.1 Å². The van der Waals surface area contributed by atoms with Gasteiger partial charge >= 0.3 is 0 Å². The van der Waals surface area contributed by atoms with Crippen LogP contribution in [-0.2, 0) is 32.5 Å². The molecule has 10 aromatic rings. The summed E-state index contributed by atoms with van der Waals surface area (Å²) in [5, 5.41) is 15.2. The van der Waals surface area contributed by atoms with E-state index in [0.29, 0.717) is 0 Å². The highest BCUT2D eigenvalue weighted by molar-refractivity contribution is 6.30. The van der Waals surface area contributed by atoms with E-state index in [1.165, 1.54) is 131 Å². The Kier molecular flexibility index (Phi) is 8.41. The fraction of sp³-hybridized carbons (Fsp3) is 0.400. The highest BCUT2D eigenvalue weighted by Gasteiger charge is 2.28. The number of benzene rings is 6. The van der Waals surface area contributed by atoms with E-state index in [0.717, 1.165) is 0 Å². The van der Waals surface area contributed by atoms with E-state index >= 15 is 0 Å². The van der Waals surface area contributed by atoms with Gasteiger partial charge in [0.15, 0.2) is 0 Å². The third-order valence-corrected chi connectivity index (χ3v) is 14.5. The molecule has 63 heavy (non-hydrogen) atoms. The van der Waals surface area contributed by atoms with E-state index in [2.05, 4.69) is 212 Å². The van der Waals surface area contributed by atoms with Crippen molar-refractivity contribution in [2.75, 3.05) is 0 Å². The molecular weight excluding hydrogens is 763 g/mol. The van der Waals surface area contributed by atoms with E-state index in [1.807, 2.05) is 0 Å². The second kappa shape index (κ2) is 12.7. The molecule has 324 valence electrons. The average Bonchev–Trinajstić information content (AvgIpc) is 3.85. The highest BCUT2D eigenvalue weighted by atomic mass is 14.7. The molecule has 3 heterocycles. The van der Waals surface area contributed by atoms with Crippen molar-refractivity contribution in [1.29, 1.82) is 0 Å². The number of hydrogen-bond donors (Lipinski definition) is 3. The van der Waals surface area contributed by atoms with Gasteiger partial charge < -0.3 is 15.0 Å². The van der Waals surface area contributed by atoms with Crippen molar-refractivity contribution < 1.29 is 0 Å². The molecule has 0 aliphatic heterocycles. The number of aromatic nitrogens is 3.